The van der Waals surface area contributed by atoms with Crippen LogP contribution in [-0.4, -0.2) is 44.1 Å². The van der Waals surface area contributed by atoms with Gasteiger partial charge in [-0.2, -0.15) is 0 Å². The Morgan fingerprint density at radius 2 is 1.81 bits per heavy atom. The maximum Gasteiger partial charge on any atom is 0.185 e. The van der Waals surface area contributed by atoms with Crippen molar-refractivity contribution in [2.24, 2.45) is 5.73 Å². The SMILES string of the molecule is CN(C)CCCN(C)c1nc(-c2ccccc2)c(CN)s1. The molecule has 0 spiro atoms. The van der Waals surface area contributed by atoms with Crippen molar-refractivity contribution in [2.75, 3.05) is 39.1 Å². The summed E-state index contributed by atoms with van der Waals surface area (Å²) in [5, 5.41) is 1.05. The van der Waals surface area contributed by atoms with Gasteiger partial charge in [0.05, 0.1) is 5.69 Å². The van der Waals surface area contributed by atoms with Crippen molar-refractivity contribution < 1.29 is 0 Å². The molecule has 2 aromatic rings. The normalized spacial score (nSPS) is 11.1. The van der Waals surface area contributed by atoms with Crippen LogP contribution in [0.1, 0.15) is 11.3 Å². The number of hydrogen-bond donors (Lipinski definition) is 1. The number of benzene rings is 1. The summed E-state index contributed by atoms with van der Waals surface area (Å²) >= 11 is 1.70. The van der Waals surface area contributed by atoms with Crippen LogP contribution in [0, 0.1) is 0 Å². The van der Waals surface area contributed by atoms with E-state index in [0.717, 1.165) is 40.8 Å². The van der Waals surface area contributed by atoms with Gasteiger partial charge < -0.3 is 15.5 Å². The van der Waals surface area contributed by atoms with E-state index >= 15 is 0 Å². The second-order valence-electron chi connectivity index (χ2n) is 5.42. The highest BCUT2D eigenvalue weighted by molar-refractivity contribution is 7.16. The molecule has 0 radical (unpaired) electrons. The lowest BCUT2D eigenvalue weighted by Crippen LogP contribution is -2.23. The number of rotatable bonds is 7. The quantitative estimate of drug-likeness (QED) is 0.854. The second kappa shape index (κ2) is 7.54. The zero-order valence-electron chi connectivity index (χ0n) is 13.0. The molecule has 1 heterocycles. The lowest BCUT2D eigenvalue weighted by Gasteiger charge is -2.17. The van der Waals surface area contributed by atoms with Crippen LogP contribution in [0.15, 0.2) is 30.3 Å². The van der Waals surface area contributed by atoms with Crippen LogP contribution in [0.3, 0.4) is 0 Å². The van der Waals surface area contributed by atoms with Crippen LogP contribution in [0.2, 0.25) is 0 Å². The van der Waals surface area contributed by atoms with Crippen LogP contribution in [0.4, 0.5) is 5.13 Å². The fourth-order valence-corrected chi connectivity index (χ4v) is 3.13. The molecule has 0 amide bonds. The largest absolute Gasteiger partial charge is 0.351 e. The lowest BCUT2D eigenvalue weighted by atomic mass is 10.1. The summed E-state index contributed by atoms with van der Waals surface area (Å²) in [5.41, 5.74) is 8.05. The molecule has 21 heavy (non-hydrogen) atoms. The Morgan fingerprint density at radius 1 is 1.10 bits per heavy atom. The van der Waals surface area contributed by atoms with E-state index in [-0.39, 0.29) is 0 Å². The van der Waals surface area contributed by atoms with Crippen LogP contribution in [-0.2, 0) is 6.54 Å². The van der Waals surface area contributed by atoms with E-state index in [0.29, 0.717) is 6.54 Å². The summed E-state index contributed by atoms with van der Waals surface area (Å²) in [4.78, 5) is 10.4. The molecular formula is C16H24N4S. The summed E-state index contributed by atoms with van der Waals surface area (Å²) in [7, 11) is 6.30. The maximum atomic E-state index is 5.89. The van der Waals surface area contributed by atoms with Crippen molar-refractivity contribution in [2.45, 2.75) is 13.0 Å². The second-order valence-corrected chi connectivity index (χ2v) is 6.48. The van der Waals surface area contributed by atoms with Gasteiger partial charge in [-0.3, -0.25) is 0 Å². The average Bonchev–Trinajstić information content (AvgIpc) is 2.92. The molecule has 5 heteroatoms. The lowest BCUT2D eigenvalue weighted by molar-refractivity contribution is 0.401. The third kappa shape index (κ3) is 4.27. The summed E-state index contributed by atoms with van der Waals surface area (Å²) in [6.07, 6.45) is 1.13. The molecule has 0 saturated heterocycles. The minimum Gasteiger partial charge on any atom is -0.351 e. The number of nitrogens with zero attached hydrogens (tertiary/aromatic N) is 3. The van der Waals surface area contributed by atoms with E-state index in [1.165, 1.54) is 0 Å². The Balaban J connectivity index is 2.13. The first kappa shape index (κ1) is 15.9. The van der Waals surface area contributed by atoms with Crippen molar-refractivity contribution in [3.05, 3.63) is 35.2 Å². The zero-order chi connectivity index (χ0) is 15.2. The van der Waals surface area contributed by atoms with Crippen molar-refractivity contribution in [1.29, 1.82) is 0 Å². The molecular weight excluding hydrogens is 280 g/mol. The first-order chi connectivity index (χ1) is 10.1. The van der Waals surface area contributed by atoms with E-state index in [4.69, 9.17) is 10.7 Å². The molecule has 1 aromatic heterocycles. The summed E-state index contributed by atoms with van der Waals surface area (Å²) in [6, 6.07) is 10.3. The predicted molar refractivity (Wildman–Crippen MR) is 91.9 cm³/mol. The molecule has 0 aliphatic carbocycles. The zero-order valence-corrected chi connectivity index (χ0v) is 13.9. The van der Waals surface area contributed by atoms with E-state index in [1.54, 1.807) is 11.3 Å². The predicted octanol–water partition coefficient (Wildman–Crippen LogP) is 2.66. The van der Waals surface area contributed by atoms with Gasteiger partial charge in [0, 0.05) is 30.6 Å². The van der Waals surface area contributed by atoms with Gasteiger partial charge in [0.15, 0.2) is 5.13 Å². The molecule has 2 N–H and O–H groups in total. The van der Waals surface area contributed by atoms with Gasteiger partial charge in [-0.1, -0.05) is 41.7 Å². The number of aromatic nitrogens is 1. The Kier molecular flexibility index (Phi) is 5.73. The Morgan fingerprint density at radius 3 is 2.43 bits per heavy atom. The van der Waals surface area contributed by atoms with Crippen molar-refractivity contribution >= 4 is 16.5 Å². The van der Waals surface area contributed by atoms with Gasteiger partial charge in [0.2, 0.25) is 0 Å². The maximum absolute atomic E-state index is 5.89. The van der Waals surface area contributed by atoms with E-state index in [1.807, 2.05) is 18.2 Å². The molecule has 0 bridgehead atoms. The van der Waals surface area contributed by atoms with Gasteiger partial charge in [-0.25, -0.2) is 4.98 Å². The van der Waals surface area contributed by atoms with Gasteiger partial charge in [0.1, 0.15) is 0 Å². The molecule has 0 fully saturated rings. The fraction of sp³-hybridized carbons (Fsp3) is 0.438. The number of nitrogens with two attached hydrogens (primary N) is 1. The highest BCUT2D eigenvalue weighted by atomic mass is 32.1. The minimum absolute atomic E-state index is 0.535. The summed E-state index contributed by atoms with van der Waals surface area (Å²) in [6.45, 7) is 2.63. The molecule has 0 unspecified atom stereocenters. The van der Waals surface area contributed by atoms with E-state index in [2.05, 4.69) is 43.1 Å². The summed E-state index contributed by atoms with van der Waals surface area (Å²) < 4.78 is 0. The highest BCUT2D eigenvalue weighted by Gasteiger charge is 2.14. The number of thiazole rings is 1. The van der Waals surface area contributed by atoms with E-state index < -0.39 is 0 Å². The standard InChI is InChI=1S/C16H24N4S/c1-19(2)10-7-11-20(3)16-18-15(14(12-17)21-16)13-8-5-4-6-9-13/h4-6,8-9H,7,10-12,17H2,1-3H3. The Labute approximate surface area is 131 Å². The van der Waals surface area contributed by atoms with Crippen molar-refractivity contribution in [3.63, 3.8) is 0 Å². The van der Waals surface area contributed by atoms with Crippen LogP contribution in [0.5, 0.6) is 0 Å². The minimum atomic E-state index is 0.535. The van der Waals surface area contributed by atoms with Gasteiger partial charge in [0.25, 0.3) is 0 Å². The molecule has 0 aliphatic heterocycles. The van der Waals surface area contributed by atoms with Crippen LogP contribution < -0.4 is 10.6 Å². The number of anilines is 1. The molecule has 4 nitrogen and oxygen atoms in total. The molecule has 0 atom stereocenters. The highest BCUT2D eigenvalue weighted by Crippen LogP contribution is 2.32. The smallest absolute Gasteiger partial charge is 0.185 e. The first-order valence-corrected chi connectivity index (χ1v) is 8.04. The summed E-state index contributed by atoms with van der Waals surface area (Å²) in [5.74, 6) is 0. The van der Waals surface area contributed by atoms with Gasteiger partial charge >= 0.3 is 0 Å². The number of hydrogen-bond acceptors (Lipinski definition) is 5. The molecule has 114 valence electrons. The first-order valence-electron chi connectivity index (χ1n) is 7.23. The fourth-order valence-electron chi connectivity index (χ4n) is 2.18. The van der Waals surface area contributed by atoms with Gasteiger partial charge in [-0.15, -0.1) is 0 Å². The van der Waals surface area contributed by atoms with Crippen LogP contribution in [0.25, 0.3) is 11.3 Å². The van der Waals surface area contributed by atoms with Gasteiger partial charge in [-0.05, 0) is 27.1 Å². The Hall–Kier alpha value is -1.43. The van der Waals surface area contributed by atoms with Crippen molar-refractivity contribution in [1.82, 2.24) is 9.88 Å². The van der Waals surface area contributed by atoms with Crippen LogP contribution >= 0.6 is 11.3 Å². The molecule has 2 rings (SSSR count). The van der Waals surface area contributed by atoms with Crippen molar-refractivity contribution in [3.8, 4) is 11.3 Å². The third-order valence-electron chi connectivity index (χ3n) is 3.34. The third-order valence-corrected chi connectivity index (χ3v) is 4.54. The average molecular weight is 304 g/mol. The molecule has 0 saturated carbocycles. The topological polar surface area (TPSA) is 45.4 Å². The molecule has 0 aliphatic rings. The van der Waals surface area contributed by atoms with E-state index in [9.17, 15) is 0 Å². The monoisotopic (exact) mass is 304 g/mol. The molecule has 1 aromatic carbocycles. The Bertz CT molecular complexity index is 551.